The third-order valence-corrected chi connectivity index (χ3v) is 6.62. The van der Waals surface area contributed by atoms with Gasteiger partial charge in [0.25, 0.3) is 0 Å². The van der Waals surface area contributed by atoms with Gasteiger partial charge in [-0.2, -0.15) is 0 Å². The predicted octanol–water partition coefficient (Wildman–Crippen LogP) is -1.75. The topological polar surface area (TPSA) is 217 Å². The molecule has 37 heavy (non-hydrogen) atoms. The second-order valence-electron chi connectivity index (χ2n) is 9.72. The first kappa shape index (κ1) is 31.8. The maximum absolute atomic E-state index is 12.0. The molecule has 1 amide bonds. The zero-order valence-electron chi connectivity index (χ0n) is 21.7. The normalized spacial score (nSPS) is 36.9. The van der Waals surface area contributed by atoms with E-state index in [0.29, 0.717) is 25.1 Å². The quantitative estimate of drug-likeness (QED) is 0.0709. The van der Waals surface area contributed by atoms with Crippen LogP contribution in [-0.2, 0) is 19.0 Å². The number of nitrogens with zero attached hydrogens (tertiary/aromatic N) is 1. The first-order chi connectivity index (χ1) is 17.6. The van der Waals surface area contributed by atoms with Gasteiger partial charge in [0.2, 0.25) is 5.91 Å². The number of amides is 1. The van der Waals surface area contributed by atoms with Gasteiger partial charge in [-0.15, -0.1) is 0 Å². The van der Waals surface area contributed by atoms with E-state index in [-0.39, 0.29) is 19.0 Å². The molecule has 0 unspecified atom stereocenters. The minimum atomic E-state index is -1.73. The van der Waals surface area contributed by atoms with Gasteiger partial charge in [-0.25, -0.2) is 0 Å². The molecule has 0 radical (unpaired) electrons. The molecule has 0 aromatic heterocycles. The average molecular weight is 536 g/mol. The fraction of sp³-hybridized carbons (Fsp3) is 0.917. The molecule has 2 aliphatic heterocycles. The van der Waals surface area contributed by atoms with Gasteiger partial charge in [-0.1, -0.05) is 39.5 Å². The highest BCUT2D eigenvalue weighted by Gasteiger charge is 2.49. The summed E-state index contributed by atoms with van der Waals surface area (Å²) < 4.78 is 16.7. The van der Waals surface area contributed by atoms with Crippen LogP contribution in [0.15, 0.2) is 4.99 Å². The molecule has 2 rings (SSSR count). The van der Waals surface area contributed by atoms with Gasteiger partial charge in [0.15, 0.2) is 12.6 Å². The molecule has 13 heteroatoms. The Kier molecular flexibility index (Phi) is 13.6. The van der Waals surface area contributed by atoms with Crippen LogP contribution in [-0.4, -0.2) is 117 Å². The highest BCUT2D eigenvalue weighted by Crippen LogP contribution is 2.28. The van der Waals surface area contributed by atoms with Gasteiger partial charge >= 0.3 is 0 Å². The van der Waals surface area contributed by atoms with E-state index < -0.39 is 61.4 Å². The van der Waals surface area contributed by atoms with E-state index in [1.165, 1.54) is 0 Å². The summed E-state index contributed by atoms with van der Waals surface area (Å²) in [6.45, 7) is 3.82. The van der Waals surface area contributed by atoms with Crippen LogP contribution in [0.5, 0.6) is 0 Å². The van der Waals surface area contributed by atoms with Crippen LogP contribution in [0.25, 0.3) is 0 Å². The molecular weight excluding hydrogens is 490 g/mol. The SMILES string of the molecule is CCCCCC(=O)NC[C@H]1O[C@H](O[C@H]2O[C@H](CN=C(N)CCCCC)[C@@H](O)[C@H](O)[C@H]2O)[C@H](O)[C@@H](O)[C@@H]1O. The molecule has 0 aromatic carbocycles. The molecule has 0 spiro atoms. The number of carbonyl (C=O) groups excluding carboxylic acids is 1. The number of aliphatic hydroxyl groups excluding tert-OH is 6. The Bertz CT molecular complexity index is 714. The van der Waals surface area contributed by atoms with Crippen molar-refractivity contribution >= 4 is 11.7 Å². The Balaban J connectivity index is 2.00. The molecule has 10 atom stereocenters. The van der Waals surface area contributed by atoms with Crippen molar-refractivity contribution in [2.24, 2.45) is 10.7 Å². The number of aliphatic hydroxyl groups is 6. The monoisotopic (exact) mass is 535 g/mol. The largest absolute Gasteiger partial charge is 0.388 e. The lowest BCUT2D eigenvalue weighted by Gasteiger charge is -2.44. The second kappa shape index (κ2) is 15.9. The van der Waals surface area contributed by atoms with Crippen molar-refractivity contribution in [1.82, 2.24) is 5.32 Å². The van der Waals surface area contributed by atoms with Crippen LogP contribution >= 0.6 is 0 Å². The van der Waals surface area contributed by atoms with Crippen LogP contribution in [0, 0.1) is 0 Å². The molecule has 2 aliphatic rings. The lowest BCUT2D eigenvalue weighted by atomic mass is 9.97. The molecule has 0 aromatic rings. The maximum Gasteiger partial charge on any atom is 0.220 e. The molecular formula is C24H45N3O10. The predicted molar refractivity (Wildman–Crippen MR) is 132 cm³/mol. The lowest BCUT2D eigenvalue weighted by Crippen LogP contribution is -2.64. The van der Waals surface area contributed by atoms with E-state index in [2.05, 4.69) is 17.2 Å². The van der Waals surface area contributed by atoms with Crippen LogP contribution in [0.4, 0.5) is 0 Å². The molecule has 2 saturated heterocycles. The number of hydrogen-bond acceptors (Lipinski definition) is 11. The molecule has 0 aliphatic carbocycles. The summed E-state index contributed by atoms with van der Waals surface area (Å²) in [5.74, 6) is 0.118. The first-order valence-electron chi connectivity index (χ1n) is 13.2. The van der Waals surface area contributed by atoms with Gasteiger partial charge in [0.05, 0.1) is 12.4 Å². The minimum Gasteiger partial charge on any atom is -0.388 e. The van der Waals surface area contributed by atoms with Crippen molar-refractivity contribution in [3.63, 3.8) is 0 Å². The molecule has 13 nitrogen and oxygen atoms in total. The smallest absolute Gasteiger partial charge is 0.220 e. The third kappa shape index (κ3) is 9.37. The Morgan fingerprint density at radius 2 is 1.30 bits per heavy atom. The number of nitrogens with two attached hydrogens (primary N) is 1. The number of carbonyl (C=O) groups is 1. The van der Waals surface area contributed by atoms with Crippen LogP contribution in [0.2, 0.25) is 0 Å². The van der Waals surface area contributed by atoms with E-state index in [4.69, 9.17) is 19.9 Å². The van der Waals surface area contributed by atoms with Crippen molar-refractivity contribution in [3.8, 4) is 0 Å². The zero-order valence-corrected chi connectivity index (χ0v) is 21.7. The van der Waals surface area contributed by atoms with Crippen LogP contribution in [0.1, 0.15) is 65.2 Å². The number of aliphatic imine (C=N–C) groups is 1. The van der Waals surface area contributed by atoms with Crippen LogP contribution in [0.3, 0.4) is 0 Å². The number of unbranched alkanes of at least 4 members (excludes halogenated alkanes) is 4. The van der Waals surface area contributed by atoms with E-state index in [1.54, 1.807) is 0 Å². The Hall–Kier alpha value is -1.42. The molecule has 2 heterocycles. The second-order valence-corrected chi connectivity index (χ2v) is 9.72. The highest BCUT2D eigenvalue weighted by molar-refractivity contribution is 5.80. The zero-order chi connectivity index (χ0) is 27.5. The fourth-order valence-corrected chi connectivity index (χ4v) is 4.19. The number of ether oxygens (including phenoxy) is 3. The van der Waals surface area contributed by atoms with E-state index in [0.717, 1.165) is 32.1 Å². The van der Waals surface area contributed by atoms with E-state index in [1.807, 2.05) is 6.92 Å². The van der Waals surface area contributed by atoms with Gasteiger partial charge in [0, 0.05) is 19.4 Å². The summed E-state index contributed by atoms with van der Waals surface area (Å²) in [5, 5.41) is 64.7. The van der Waals surface area contributed by atoms with Crippen molar-refractivity contribution in [2.45, 2.75) is 127 Å². The van der Waals surface area contributed by atoms with Gasteiger partial charge in [-0.05, 0) is 12.8 Å². The van der Waals surface area contributed by atoms with Gasteiger partial charge in [0.1, 0.15) is 48.8 Å². The van der Waals surface area contributed by atoms with Crippen LogP contribution < -0.4 is 11.1 Å². The first-order valence-corrected chi connectivity index (χ1v) is 13.2. The molecule has 2 fully saturated rings. The summed E-state index contributed by atoms with van der Waals surface area (Å²) in [6, 6.07) is 0. The Morgan fingerprint density at radius 3 is 1.86 bits per heavy atom. The Morgan fingerprint density at radius 1 is 0.784 bits per heavy atom. The number of amidine groups is 1. The standard InChI is InChI=1S/C24H45N3O10/c1-3-5-7-9-15(25)26-11-13-17(29)19(31)21(33)23(35-13)37-24-22(34)20(32)18(30)14(36-24)12-27-16(28)10-8-6-4-2/h13-14,17-24,29-34H,3-12H2,1-2H3,(H2,25,26)(H,27,28)/t13-,14-,17-,18-,19+,20+,21-,22-,23-,24-/m1/s1. The van der Waals surface area contributed by atoms with Gasteiger partial charge in [-0.3, -0.25) is 9.79 Å². The lowest BCUT2D eigenvalue weighted by molar-refractivity contribution is -0.372. The number of rotatable bonds is 14. The minimum absolute atomic E-state index is 0.106. The summed E-state index contributed by atoms with van der Waals surface area (Å²) in [4.78, 5) is 16.2. The average Bonchev–Trinajstić information content (AvgIpc) is 2.88. The molecule has 0 bridgehead atoms. The Labute approximate surface area is 217 Å². The fourth-order valence-electron chi connectivity index (χ4n) is 4.19. The summed E-state index contributed by atoms with van der Waals surface area (Å²) in [6.07, 6.45) is -8.81. The number of hydrogen-bond donors (Lipinski definition) is 8. The van der Waals surface area contributed by atoms with Crippen molar-refractivity contribution < 1.29 is 49.6 Å². The van der Waals surface area contributed by atoms with Crippen molar-refractivity contribution in [3.05, 3.63) is 0 Å². The summed E-state index contributed by atoms with van der Waals surface area (Å²) in [7, 11) is 0. The van der Waals surface area contributed by atoms with E-state index >= 15 is 0 Å². The maximum atomic E-state index is 12.0. The van der Waals surface area contributed by atoms with Crippen molar-refractivity contribution in [2.75, 3.05) is 13.1 Å². The molecule has 9 N–H and O–H groups in total. The third-order valence-electron chi connectivity index (χ3n) is 6.62. The molecule has 0 saturated carbocycles. The van der Waals surface area contributed by atoms with E-state index in [9.17, 15) is 35.4 Å². The highest BCUT2D eigenvalue weighted by atomic mass is 16.8. The summed E-state index contributed by atoms with van der Waals surface area (Å²) in [5.41, 5.74) is 5.90. The van der Waals surface area contributed by atoms with Gasteiger partial charge < -0.3 is 55.9 Å². The molecule has 216 valence electrons. The van der Waals surface area contributed by atoms with Crippen molar-refractivity contribution in [1.29, 1.82) is 0 Å². The number of nitrogens with one attached hydrogen (secondary N) is 1. The summed E-state index contributed by atoms with van der Waals surface area (Å²) >= 11 is 0.